The molecule has 0 radical (unpaired) electrons. The molecule has 13 nitrogen and oxygen atoms in total. The van der Waals surface area contributed by atoms with E-state index in [4.69, 9.17) is 16.3 Å². The number of tetrazole rings is 1. The van der Waals surface area contributed by atoms with E-state index in [9.17, 15) is 19.2 Å². The lowest BCUT2D eigenvalue weighted by molar-refractivity contribution is -0.149. The number of piperazine rings is 1. The molecule has 0 aliphatic carbocycles. The van der Waals surface area contributed by atoms with Crippen molar-refractivity contribution in [2.24, 2.45) is 0 Å². The van der Waals surface area contributed by atoms with E-state index in [0.29, 0.717) is 27.6 Å². The Morgan fingerprint density at radius 1 is 0.979 bits per heavy atom. The van der Waals surface area contributed by atoms with Gasteiger partial charge in [0.2, 0.25) is 5.91 Å². The highest BCUT2D eigenvalue weighted by molar-refractivity contribution is 6.41. The summed E-state index contributed by atoms with van der Waals surface area (Å²) >= 11 is 6.28. The number of anilines is 2. The molecule has 14 heteroatoms. The third-order valence-electron chi connectivity index (χ3n) is 7.54. The summed E-state index contributed by atoms with van der Waals surface area (Å²) in [6.07, 6.45) is 1.55. The molecule has 5 aromatic rings. The van der Waals surface area contributed by atoms with Gasteiger partial charge >= 0.3 is 17.8 Å². The van der Waals surface area contributed by atoms with Gasteiger partial charge in [-0.15, -0.1) is 5.10 Å². The first-order chi connectivity index (χ1) is 22.5. The monoisotopic (exact) mass is 654 g/mol. The summed E-state index contributed by atoms with van der Waals surface area (Å²) in [5.41, 5.74) is 2.32. The van der Waals surface area contributed by atoms with E-state index in [2.05, 4.69) is 25.8 Å². The SMILES string of the molecule is CC(C)(C)OC(=O)c1cc2ccc(NC(=O)[C@H](Cc3ccccc3)N3CCN(c4cc(Cl)ccc4-n4cnnn4)C(=O)C3=O)cc2[nH]1. The van der Waals surface area contributed by atoms with E-state index in [1.165, 1.54) is 20.8 Å². The van der Waals surface area contributed by atoms with E-state index in [-0.39, 0.29) is 25.2 Å². The summed E-state index contributed by atoms with van der Waals surface area (Å²) < 4.78 is 6.84. The van der Waals surface area contributed by atoms with Crippen molar-refractivity contribution >= 4 is 57.6 Å². The zero-order valence-electron chi connectivity index (χ0n) is 25.8. The van der Waals surface area contributed by atoms with Crippen LogP contribution in [0.25, 0.3) is 16.6 Å². The highest BCUT2D eigenvalue weighted by Gasteiger charge is 2.40. The maximum atomic E-state index is 13.9. The van der Waals surface area contributed by atoms with Crippen LogP contribution in [0.5, 0.6) is 0 Å². The number of halogens is 1. The number of carbonyl (C=O) groups excluding carboxylic acids is 4. The van der Waals surface area contributed by atoms with Crippen LogP contribution in [0.1, 0.15) is 36.8 Å². The number of nitrogens with one attached hydrogen (secondary N) is 2. The van der Waals surface area contributed by atoms with Crippen molar-refractivity contribution < 1.29 is 23.9 Å². The minimum atomic E-state index is -1.01. The molecule has 1 fully saturated rings. The van der Waals surface area contributed by atoms with Gasteiger partial charge in [0, 0.05) is 41.1 Å². The first-order valence-electron chi connectivity index (χ1n) is 14.8. The maximum Gasteiger partial charge on any atom is 0.355 e. The number of aromatic nitrogens is 5. The number of H-pyrrole nitrogens is 1. The zero-order chi connectivity index (χ0) is 33.3. The number of benzene rings is 3. The number of amides is 3. The highest BCUT2D eigenvalue weighted by atomic mass is 35.5. The molecule has 1 atom stereocenters. The Bertz CT molecular complexity index is 1970. The fourth-order valence-electron chi connectivity index (χ4n) is 5.41. The molecule has 3 aromatic carbocycles. The normalized spacial score (nSPS) is 14.4. The lowest BCUT2D eigenvalue weighted by Gasteiger charge is -2.38. The molecule has 0 bridgehead atoms. The molecule has 3 amide bonds. The highest BCUT2D eigenvalue weighted by Crippen LogP contribution is 2.30. The van der Waals surface area contributed by atoms with E-state index < -0.39 is 35.3 Å². The molecule has 47 heavy (non-hydrogen) atoms. The number of hydrogen-bond donors (Lipinski definition) is 2. The number of rotatable bonds is 8. The van der Waals surface area contributed by atoms with Gasteiger partial charge in [-0.2, -0.15) is 4.68 Å². The Labute approximate surface area is 274 Å². The number of nitrogens with zero attached hydrogens (tertiary/aromatic N) is 6. The predicted octanol–water partition coefficient (Wildman–Crippen LogP) is 4.18. The lowest BCUT2D eigenvalue weighted by Crippen LogP contribution is -2.60. The second kappa shape index (κ2) is 12.7. The Morgan fingerprint density at radius 2 is 1.77 bits per heavy atom. The van der Waals surface area contributed by atoms with Gasteiger partial charge in [0.1, 0.15) is 23.7 Å². The van der Waals surface area contributed by atoms with E-state index >= 15 is 0 Å². The average molecular weight is 655 g/mol. The van der Waals surface area contributed by atoms with Gasteiger partial charge in [0.15, 0.2) is 0 Å². The largest absolute Gasteiger partial charge is 0.455 e. The standard InChI is InChI=1S/C33H31ClN8O5/c1-33(2,3)47-32(46)25-16-21-9-11-23(18-24(21)37-25)36-29(43)28(15-20-7-5-4-6-8-20)41-14-13-40(30(44)31(41)45)27-17-22(34)10-12-26(27)42-19-35-38-39-42/h4-12,16-19,28,37H,13-15H2,1-3H3,(H,36,43)/t28-/m0/s1. The second-order valence-electron chi connectivity index (χ2n) is 12.0. The van der Waals surface area contributed by atoms with Gasteiger partial charge in [0.05, 0.1) is 11.4 Å². The van der Waals surface area contributed by atoms with Gasteiger partial charge < -0.3 is 24.8 Å². The van der Waals surface area contributed by atoms with Crippen molar-refractivity contribution in [1.29, 1.82) is 0 Å². The van der Waals surface area contributed by atoms with Crippen LogP contribution in [0.2, 0.25) is 5.02 Å². The van der Waals surface area contributed by atoms with E-state index in [1.807, 2.05) is 30.3 Å². The number of carbonyl (C=O) groups is 4. The molecule has 1 aliphatic rings. The summed E-state index contributed by atoms with van der Waals surface area (Å²) in [6.45, 7) is 5.54. The van der Waals surface area contributed by atoms with Gasteiger partial charge in [-0.05, 0) is 73.2 Å². The predicted molar refractivity (Wildman–Crippen MR) is 174 cm³/mol. The van der Waals surface area contributed by atoms with Crippen LogP contribution in [0.4, 0.5) is 11.4 Å². The topological polar surface area (TPSA) is 155 Å². The summed E-state index contributed by atoms with van der Waals surface area (Å²) in [7, 11) is 0. The first-order valence-corrected chi connectivity index (χ1v) is 15.2. The smallest absolute Gasteiger partial charge is 0.355 e. The van der Waals surface area contributed by atoms with Crippen molar-refractivity contribution in [3.8, 4) is 5.69 Å². The molecular weight excluding hydrogens is 624 g/mol. The first kappa shape index (κ1) is 31.4. The summed E-state index contributed by atoms with van der Waals surface area (Å²) in [5, 5.41) is 15.3. The third kappa shape index (κ3) is 6.84. The minimum Gasteiger partial charge on any atom is -0.455 e. The van der Waals surface area contributed by atoms with Crippen LogP contribution in [-0.2, 0) is 25.5 Å². The molecule has 6 rings (SSSR count). The molecule has 0 unspecified atom stereocenters. The average Bonchev–Trinajstić information content (AvgIpc) is 3.72. The fraction of sp³-hybridized carbons (Fsp3) is 0.242. The third-order valence-corrected chi connectivity index (χ3v) is 7.77. The van der Waals surface area contributed by atoms with Crippen molar-refractivity contribution in [3.63, 3.8) is 0 Å². The Morgan fingerprint density at radius 3 is 2.49 bits per heavy atom. The van der Waals surface area contributed by atoms with E-state index in [0.717, 1.165) is 10.9 Å². The second-order valence-corrected chi connectivity index (χ2v) is 12.5. The van der Waals surface area contributed by atoms with Crippen LogP contribution in [-0.4, -0.2) is 78.5 Å². The molecule has 240 valence electrons. The van der Waals surface area contributed by atoms with Crippen LogP contribution >= 0.6 is 11.6 Å². The Hall–Kier alpha value is -5.56. The minimum absolute atomic E-state index is 0.0754. The summed E-state index contributed by atoms with van der Waals surface area (Å²) in [5.74, 6) is -2.62. The van der Waals surface area contributed by atoms with Gasteiger partial charge in [0.25, 0.3) is 0 Å². The number of ether oxygens (including phenoxy) is 1. The number of hydrogen-bond acceptors (Lipinski definition) is 8. The van der Waals surface area contributed by atoms with Crippen molar-refractivity contribution in [2.75, 3.05) is 23.3 Å². The molecule has 1 aliphatic heterocycles. The Balaban J connectivity index is 1.25. The molecule has 0 spiro atoms. The van der Waals surface area contributed by atoms with Crippen molar-refractivity contribution in [3.05, 3.63) is 95.4 Å². The van der Waals surface area contributed by atoms with Crippen LogP contribution in [0, 0.1) is 0 Å². The summed E-state index contributed by atoms with van der Waals surface area (Å²) in [4.78, 5) is 59.6. The zero-order valence-corrected chi connectivity index (χ0v) is 26.6. The molecule has 1 saturated heterocycles. The van der Waals surface area contributed by atoms with Crippen molar-refractivity contribution in [2.45, 2.75) is 38.8 Å². The molecule has 2 aromatic heterocycles. The quantitative estimate of drug-likeness (QED) is 0.187. The van der Waals surface area contributed by atoms with Gasteiger partial charge in [-0.3, -0.25) is 14.4 Å². The van der Waals surface area contributed by atoms with Crippen LogP contribution < -0.4 is 10.2 Å². The molecule has 3 heterocycles. The van der Waals surface area contributed by atoms with Gasteiger partial charge in [-0.1, -0.05) is 48.0 Å². The van der Waals surface area contributed by atoms with E-state index in [1.54, 1.807) is 63.2 Å². The molecule has 0 saturated carbocycles. The fourth-order valence-corrected chi connectivity index (χ4v) is 5.58. The summed E-state index contributed by atoms with van der Waals surface area (Å²) in [6, 6.07) is 20.0. The van der Waals surface area contributed by atoms with Crippen LogP contribution in [0.15, 0.2) is 79.1 Å². The molecule has 2 N–H and O–H groups in total. The van der Waals surface area contributed by atoms with Crippen molar-refractivity contribution in [1.82, 2.24) is 30.1 Å². The number of esters is 1. The number of fused-ring (bicyclic) bond motifs is 1. The van der Waals surface area contributed by atoms with Gasteiger partial charge in [-0.25, -0.2) is 4.79 Å². The lowest BCUT2D eigenvalue weighted by atomic mass is 10.0. The number of aromatic amines is 1. The Kier molecular flexibility index (Phi) is 8.48. The van der Waals surface area contributed by atoms with Crippen LogP contribution in [0.3, 0.4) is 0 Å². The molecular formula is C33H31ClN8O5. The maximum absolute atomic E-state index is 13.9.